The highest BCUT2D eigenvalue weighted by atomic mass is 32.1. The van der Waals surface area contributed by atoms with Crippen LogP contribution in [0.5, 0.6) is 0 Å². The van der Waals surface area contributed by atoms with Gasteiger partial charge in [-0.2, -0.15) is 4.99 Å². The van der Waals surface area contributed by atoms with Gasteiger partial charge in [0.1, 0.15) is 10.4 Å². The van der Waals surface area contributed by atoms with Gasteiger partial charge in [-0.15, -0.1) is 11.3 Å². The van der Waals surface area contributed by atoms with Gasteiger partial charge in [0.25, 0.3) is 0 Å². The Morgan fingerprint density at radius 3 is 2.87 bits per heavy atom. The smallest absolute Gasteiger partial charge is 0.348 e. The molecule has 1 aromatic heterocycles. The molecule has 1 aliphatic rings. The highest BCUT2D eigenvalue weighted by molar-refractivity contribution is 7.14. The van der Waals surface area contributed by atoms with E-state index in [1.807, 2.05) is 6.07 Å². The summed E-state index contributed by atoms with van der Waals surface area (Å²) in [5.74, 6) is -0.350. The van der Waals surface area contributed by atoms with Crippen LogP contribution in [0.15, 0.2) is 17.1 Å². The van der Waals surface area contributed by atoms with E-state index >= 15 is 0 Å². The van der Waals surface area contributed by atoms with E-state index in [9.17, 15) is 9.59 Å². The number of carbonyl (C=O) groups is 1. The second-order valence-corrected chi connectivity index (χ2v) is 4.47. The van der Waals surface area contributed by atoms with Crippen LogP contribution >= 0.6 is 11.3 Å². The molecule has 1 saturated carbocycles. The first-order valence-corrected chi connectivity index (χ1v) is 5.31. The van der Waals surface area contributed by atoms with Crippen molar-refractivity contribution in [2.75, 3.05) is 7.11 Å². The zero-order chi connectivity index (χ0) is 10.9. The summed E-state index contributed by atoms with van der Waals surface area (Å²) in [5, 5.41) is 0. The summed E-state index contributed by atoms with van der Waals surface area (Å²) in [7, 11) is 1.35. The van der Waals surface area contributed by atoms with Crippen LogP contribution in [0.25, 0.3) is 0 Å². The van der Waals surface area contributed by atoms with E-state index in [-0.39, 0.29) is 5.97 Å². The molecule has 1 aromatic rings. The molecule has 0 radical (unpaired) electrons. The van der Waals surface area contributed by atoms with Crippen molar-refractivity contribution in [1.82, 2.24) is 0 Å². The van der Waals surface area contributed by atoms with Crippen LogP contribution in [0.3, 0.4) is 0 Å². The van der Waals surface area contributed by atoms with Crippen molar-refractivity contribution in [2.24, 2.45) is 4.99 Å². The maximum Gasteiger partial charge on any atom is 0.348 e. The Balaban J connectivity index is 2.28. The van der Waals surface area contributed by atoms with Crippen molar-refractivity contribution in [1.29, 1.82) is 0 Å². The normalized spacial score (nSPS) is 16.6. The third-order valence-corrected chi connectivity index (χ3v) is 3.69. The number of esters is 1. The Morgan fingerprint density at radius 1 is 1.60 bits per heavy atom. The lowest BCUT2D eigenvalue weighted by atomic mass is 10.2. The Kier molecular flexibility index (Phi) is 2.42. The van der Waals surface area contributed by atoms with Gasteiger partial charge >= 0.3 is 5.97 Å². The van der Waals surface area contributed by atoms with Crippen molar-refractivity contribution >= 4 is 23.4 Å². The molecule has 78 valence electrons. The zero-order valence-electron chi connectivity index (χ0n) is 8.15. The van der Waals surface area contributed by atoms with Crippen LogP contribution in [0.2, 0.25) is 0 Å². The molecule has 0 bridgehead atoms. The van der Waals surface area contributed by atoms with Gasteiger partial charge in [0.2, 0.25) is 6.08 Å². The number of nitrogens with zero attached hydrogens (tertiary/aromatic N) is 1. The lowest BCUT2D eigenvalue weighted by molar-refractivity contribution is 0.0606. The van der Waals surface area contributed by atoms with Gasteiger partial charge < -0.3 is 4.74 Å². The van der Waals surface area contributed by atoms with E-state index in [0.717, 1.165) is 17.7 Å². The van der Waals surface area contributed by atoms with Crippen LogP contribution in [-0.4, -0.2) is 19.2 Å². The van der Waals surface area contributed by atoms with Crippen molar-refractivity contribution in [2.45, 2.75) is 18.4 Å². The zero-order valence-corrected chi connectivity index (χ0v) is 8.97. The molecule has 0 saturated heterocycles. The lowest BCUT2D eigenvalue weighted by Gasteiger charge is -2.02. The molecule has 0 spiro atoms. The minimum absolute atomic E-state index is 0.350. The molecule has 1 fully saturated rings. The van der Waals surface area contributed by atoms with E-state index in [4.69, 9.17) is 0 Å². The summed E-state index contributed by atoms with van der Waals surface area (Å²) < 4.78 is 4.61. The monoisotopic (exact) mass is 223 g/mol. The van der Waals surface area contributed by atoms with Crippen molar-refractivity contribution in [3.05, 3.63) is 21.9 Å². The van der Waals surface area contributed by atoms with Gasteiger partial charge in [0.15, 0.2) is 0 Å². The maximum atomic E-state index is 11.2. The standard InChI is InChI=1S/C10H9NO3S/c1-14-9(13)7-2-3-8(15-7)10(4-5-10)11-6-12/h2-3H,4-5H2,1H3. The average molecular weight is 223 g/mol. The molecule has 0 aromatic carbocycles. The van der Waals surface area contributed by atoms with Crippen LogP contribution in [0.1, 0.15) is 27.4 Å². The summed E-state index contributed by atoms with van der Waals surface area (Å²) in [6.07, 6.45) is 3.29. The van der Waals surface area contributed by atoms with Gasteiger partial charge in [0.05, 0.1) is 7.11 Å². The molecule has 5 heteroatoms. The first-order chi connectivity index (χ1) is 7.22. The molecule has 0 N–H and O–H groups in total. The predicted octanol–water partition coefficient (Wildman–Crippen LogP) is 1.86. The Hall–Kier alpha value is -1.45. The lowest BCUT2D eigenvalue weighted by Crippen LogP contribution is -1.99. The minimum atomic E-state index is -0.390. The highest BCUT2D eigenvalue weighted by Crippen LogP contribution is 2.51. The number of hydrogen-bond donors (Lipinski definition) is 0. The molecule has 1 aliphatic carbocycles. The first-order valence-electron chi connectivity index (χ1n) is 4.49. The second kappa shape index (κ2) is 3.61. The van der Waals surface area contributed by atoms with Crippen molar-refractivity contribution in [3.8, 4) is 0 Å². The number of carbonyl (C=O) groups excluding carboxylic acids is 2. The van der Waals surface area contributed by atoms with Gasteiger partial charge in [-0.3, -0.25) is 0 Å². The number of hydrogen-bond acceptors (Lipinski definition) is 5. The number of ether oxygens (including phenoxy) is 1. The molecule has 0 aliphatic heterocycles. The fourth-order valence-corrected chi connectivity index (χ4v) is 2.53. The summed E-state index contributed by atoms with van der Waals surface area (Å²) in [6, 6.07) is 3.52. The molecule has 0 amide bonds. The second-order valence-electron chi connectivity index (χ2n) is 3.39. The first kappa shape index (κ1) is 10.1. The van der Waals surface area contributed by atoms with Crippen molar-refractivity contribution in [3.63, 3.8) is 0 Å². The van der Waals surface area contributed by atoms with Gasteiger partial charge in [-0.25, -0.2) is 9.59 Å². The van der Waals surface area contributed by atoms with Gasteiger partial charge in [-0.1, -0.05) is 0 Å². The Labute approximate surface area is 90.6 Å². The number of rotatable bonds is 3. The summed E-state index contributed by atoms with van der Waals surface area (Å²) >= 11 is 1.33. The number of thiophene rings is 1. The van der Waals surface area contributed by atoms with Crippen LogP contribution in [0.4, 0.5) is 0 Å². The van der Waals surface area contributed by atoms with Crippen LogP contribution in [-0.2, 0) is 15.1 Å². The molecule has 0 unspecified atom stereocenters. The summed E-state index contributed by atoms with van der Waals surface area (Å²) in [4.78, 5) is 26.7. The molecule has 15 heavy (non-hydrogen) atoms. The summed E-state index contributed by atoms with van der Waals surface area (Å²) in [5.41, 5.74) is -0.390. The van der Waals surface area contributed by atoms with E-state index in [1.54, 1.807) is 12.1 Å². The fraction of sp³-hybridized carbons (Fsp3) is 0.400. The molecular formula is C10H9NO3S. The number of isocyanates is 1. The third kappa shape index (κ3) is 1.71. The predicted molar refractivity (Wildman–Crippen MR) is 54.7 cm³/mol. The van der Waals surface area contributed by atoms with Gasteiger partial charge in [0, 0.05) is 4.88 Å². The fourth-order valence-electron chi connectivity index (χ4n) is 1.42. The molecular weight excluding hydrogens is 214 g/mol. The van der Waals surface area contributed by atoms with E-state index < -0.39 is 5.54 Å². The quantitative estimate of drug-likeness (QED) is 0.446. The summed E-state index contributed by atoms with van der Waals surface area (Å²) in [6.45, 7) is 0. The highest BCUT2D eigenvalue weighted by Gasteiger charge is 2.46. The molecule has 0 atom stereocenters. The Bertz CT molecular complexity index is 441. The van der Waals surface area contributed by atoms with Crippen LogP contribution in [0, 0.1) is 0 Å². The van der Waals surface area contributed by atoms with E-state index in [2.05, 4.69) is 9.73 Å². The van der Waals surface area contributed by atoms with Crippen LogP contribution < -0.4 is 0 Å². The van der Waals surface area contributed by atoms with Gasteiger partial charge in [-0.05, 0) is 25.0 Å². The SMILES string of the molecule is COC(=O)c1ccc(C2(N=C=O)CC2)s1. The third-order valence-electron chi connectivity index (χ3n) is 2.43. The Morgan fingerprint density at radius 2 is 2.33 bits per heavy atom. The van der Waals surface area contributed by atoms with E-state index in [0.29, 0.717) is 4.88 Å². The topological polar surface area (TPSA) is 55.7 Å². The number of aliphatic imine (C=N–C) groups is 1. The van der Waals surface area contributed by atoms with Crippen molar-refractivity contribution < 1.29 is 14.3 Å². The average Bonchev–Trinajstić information content (AvgIpc) is 2.85. The minimum Gasteiger partial charge on any atom is -0.465 e. The number of methoxy groups -OCH3 is 1. The molecule has 1 heterocycles. The molecule has 4 nitrogen and oxygen atoms in total. The molecule has 2 rings (SSSR count). The largest absolute Gasteiger partial charge is 0.465 e. The van der Waals surface area contributed by atoms with E-state index in [1.165, 1.54) is 18.4 Å². The maximum absolute atomic E-state index is 11.2.